The van der Waals surface area contributed by atoms with Crippen molar-refractivity contribution in [3.8, 4) is 0 Å². The number of carbonyl (C=O) groups is 1. The van der Waals surface area contributed by atoms with Crippen LogP contribution < -0.4 is 5.32 Å². The Morgan fingerprint density at radius 2 is 2.21 bits per heavy atom. The van der Waals surface area contributed by atoms with Crippen LogP contribution in [0.1, 0.15) is 26.5 Å². The topological polar surface area (TPSA) is 59.4 Å². The average molecular weight is 266 g/mol. The minimum absolute atomic E-state index is 0.233. The van der Waals surface area contributed by atoms with Crippen LogP contribution in [0.25, 0.3) is 0 Å². The zero-order valence-electron chi connectivity index (χ0n) is 12.0. The van der Waals surface area contributed by atoms with E-state index in [1.165, 1.54) is 0 Å². The van der Waals surface area contributed by atoms with Gasteiger partial charge in [-0.2, -0.15) is 5.10 Å². The van der Waals surface area contributed by atoms with E-state index >= 15 is 0 Å². The summed E-state index contributed by atoms with van der Waals surface area (Å²) in [5.41, 5.74) is 0.585. The van der Waals surface area contributed by atoms with Crippen LogP contribution in [0.15, 0.2) is 12.3 Å². The van der Waals surface area contributed by atoms with Crippen molar-refractivity contribution in [2.75, 3.05) is 13.1 Å². The SMILES string of the molecule is Cn1ccc(CNC2CN(C(=O)OC(C)(C)C)C2)n1. The number of aryl methyl sites for hydroxylation is 1. The molecule has 2 rings (SSSR count). The summed E-state index contributed by atoms with van der Waals surface area (Å²) in [6, 6.07) is 2.31. The van der Waals surface area contributed by atoms with E-state index in [1.807, 2.05) is 40.1 Å². The number of ether oxygens (including phenoxy) is 1. The fourth-order valence-electron chi connectivity index (χ4n) is 1.89. The smallest absolute Gasteiger partial charge is 0.410 e. The summed E-state index contributed by atoms with van der Waals surface area (Å²) in [5.74, 6) is 0. The van der Waals surface area contributed by atoms with E-state index in [2.05, 4.69) is 10.4 Å². The fourth-order valence-corrected chi connectivity index (χ4v) is 1.89. The lowest BCUT2D eigenvalue weighted by atomic mass is 10.1. The van der Waals surface area contributed by atoms with Crippen LogP contribution in [-0.4, -0.2) is 45.5 Å². The first-order valence-corrected chi connectivity index (χ1v) is 6.53. The van der Waals surface area contributed by atoms with Gasteiger partial charge >= 0.3 is 6.09 Å². The molecule has 6 nitrogen and oxygen atoms in total. The van der Waals surface area contributed by atoms with Crippen LogP contribution in [0.2, 0.25) is 0 Å². The Kier molecular flexibility index (Phi) is 3.80. The third-order valence-electron chi connectivity index (χ3n) is 2.87. The Bertz CT molecular complexity index is 444. The molecule has 1 N–H and O–H groups in total. The molecule has 1 saturated heterocycles. The van der Waals surface area contributed by atoms with Gasteiger partial charge in [0, 0.05) is 38.9 Å². The molecule has 1 fully saturated rings. The van der Waals surface area contributed by atoms with Gasteiger partial charge in [0.2, 0.25) is 0 Å². The minimum Gasteiger partial charge on any atom is -0.444 e. The predicted octanol–water partition coefficient (Wildman–Crippen LogP) is 1.13. The highest BCUT2D eigenvalue weighted by atomic mass is 16.6. The van der Waals surface area contributed by atoms with Gasteiger partial charge in [0.25, 0.3) is 0 Å². The van der Waals surface area contributed by atoms with E-state index in [1.54, 1.807) is 9.58 Å². The van der Waals surface area contributed by atoms with Gasteiger partial charge in [0.15, 0.2) is 0 Å². The molecule has 1 aromatic rings. The Morgan fingerprint density at radius 3 is 2.74 bits per heavy atom. The summed E-state index contributed by atoms with van der Waals surface area (Å²) in [6.45, 7) is 7.75. The molecule has 2 heterocycles. The van der Waals surface area contributed by atoms with E-state index in [4.69, 9.17) is 4.74 Å². The molecule has 19 heavy (non-hydrogen) atoms. The van der Waals surface area contributed by atoms with Gasteiger partial charge in [-0.15, -0.1) is 0 Å². The highest BCUT2D eigenvalue weighted by molar-refractivity contribution is 5.69. The first-order chi connectivity index (χ1) is 8.83. The maximum Gasteiger partial charge on any atom is 0.410 e. The summed E-state index contributed by atoms with van der Waals surface area (Å²) in [7, 11) is 1.90. The fraction of sp³-hybridized carbons (Fsp3) is 0.692. The Balaban J connectivity index is 1.67. The summed E-state index contributed by atoms with van der Waals surface area (Å²) in [4.78, 5) is 13.4. The predicted molar refractivity (Wildman–Crippen MR) is 71.6 cm³/mol. The van der Waals surface area contributed by atoms with Gasteiger partial charge in [0.1, 0.15) is 5.60 Å². The van der Waals surface area contributed by atoms with Gasteiger partial charge in [0.05, 0.1) is 5.69 Å². The van der Waals surface area contributed by atoms with Gasteiger partial charge < -0.3 is 15.0 Å². The standard InChI is InChI=1S/C13H22N4O2/c1-13(2,3)19-12(18)17-8-11(9-17)14-7-10-5-6-16(4)15-10/h5-6,11,14H,7-9H2,1-4H3. The number of nitrogens with zero attached hydrogens (tertiary/aromatic N) is 3. The quantitative estimate of drug-likeness (QED) is 0.891. The second-order valence-electron chi connectivity index (χ2n) is 5.94. The normalized spacial score (nSPS) is 16.3. The number of hydrogen-bond donors (Lipinski definition) is 1. The molecule has 0 atom stereocenters. The van der Waals surface area contributed by atoms with Crippen molar-refractivity contribution in [2.45, 2.75) is 39.0 Å². The van der Waals surface area contributed by atoms with Crippen LogP contribution in [0.3, 0.4) is 0 Å². The highest BCUT2D eigenvalue weighted by Gasteiger charge is 2.33. The number of rotatable bonds is 3. The molecule has 0 radical (unpaired) electrons. The van der Waals surface area contributed by atoms with Crippen molar-refractivity contribution in [1.29, 1.82) is 0 Å². The molecule has 1 amide bonds. The van der Waals surface area contributed by atoms with Crippen molar-refractivity contribution < 1.29 is 9.53 Å². The van der Waals surface area contributed by atoms with E-state index in [0.29, 0.717) is 19.1 Å². The third-order valence-corrected chi connectivity index (χ3v) is 2.87. The Hall–Kier alpha value is -1.56. The molecule has 0 aliphatic carbocycles. The van der Waals surface area contributed by atoms with Gasteiger partial charge in [-0.3, -0.25) is 4.68 Å². The number of nitrogens with one attached hydrogen (secondary N) is 1. The summed E-state index contributed by atoms with van der Waals surface area (Å²) in [6.07, 6.45) is 1.69. The van der Waals surface area contributed by atoms with Crippen LogP contribution in [0.4, 0.5) is 4.79 Å². The molecule has 0 aromatic carbocycles. The van der Waals surface area contributed by atoms with Gasteiger partial charge in [-0.05, 0) is 26.8 Å². The maximum absolute atomic E-state index is 11.7. The van der Waals surface area contributed by atoms with E-state index in [9.17, 15) is 4.79 Å². The molecule has 1 aliphatic heterocycles. The minimum atomic E-state index is -0.427. The number of carbonyl (C=O) groups excluding carboxylic acids is 1. The number of aromatic nitrogens is 2. The highest BCUT2D eigenvalue weighted by Crippen LogP contribution is 2.15. The van der Waals surface area contributed by atoms with Crippen molar-refractivity contribution >= 4 is 6.09 Å². The number of likely N-dealkylation sites (tertiary alicyclic amines) is 1. The molecule has 6 heteroatoms. The van der Waals surface area contributed by atoms with Crippen LogP contribution in [-0.2, 0) is 18.3 Å². The zero-order chi connectivity index (χ0) is 14.0. The molecule has 1 aliphatic rings. The maximum atomic E-state index is 11.7. The van der Waals surface area contributed by atoms with Crippen molar-refractivity contribution in [1.82, 2.24) is 20.0 Å². The lowest BCUT2D eigenvalue weighted by Crippen LogP contribution is -2.60. The third kappa shape index (κ3) is 3.96. The molecule has 0 unspecified atom stereocenters. The molecule has 106 valence electrons. The van der Waals surface area contributed by atoms with Crippen molar-refractivity contribution in [2.24, 2.45) is 7.05 Å². The molecular weight excluding hydrogens is 244 g/mol. The summed E-state index contributed by atoms with van der Waals surface area (Å²) < 4.78 is 7.08. The molecule has 0 saturated carbocycles. The molecule has 0 spiro atoms. The molecule has 0 bridgehead atoms. The van der Waals surface area contributed by atoms with E-state index < -0.39 is 5.60 Å². The summed E-state index contributed by atoms with van der Waals surface area (Å²) in [5, 5.41) is 7.66. The van der Waals surface area contributed by atoms with Crippen LogP contribution in [0.5, 0.6) is 0 Å². The Morgan fingerprint density at radius 1 is 1.53 bits per heavy atom. The molecule has 1 aromatic heterocycles. The lowest BCUT2D eigenvalue weighted by molar-refractivity contribution is 0.00516. The van der Waals surface area contributed by atoms with Gasteiger partial charge in [-0.1, -0.05) is 0 Å². The van der Waals surface area contributed by atoms with Crippen molar-refractivity contribution in [3.63, 3.8) is 0 Å². The van der Waals surface area contributed by atoms with E-state index in [-0.39, 0.29) is 6.09 Å². The first-order valence-electron chi connectivity index (χ1n) is 6.53. The van der Waals surface area contributed by atoms with Crippen LogP contribution >= 0.6 is 0 Å². The Labute approximate surface area is 113 Å². The number of amides is 1. The monoisotopic (exact) mass is 266 g/mol. The van der Waals surface area contributed by atoms with Crippen LogP contribution in [0, 0.1) is 0 Å². The van der Waals surface area contributed by atoms with Gasteiger partial charge in [-0.25, -0.2) is 4.79 Å². The lowest BCUT2D eigenvalue weighted by Gasteiger charge is -2.40. The second kappa shape index (κ2) is 5.21. The van der Waals surface area contributed by atoms with Crippen molar-refractivity contribution in [3.05, 3.63) is 18.0 Å². The van der Waals surface area contributed by atoms with E-state index in [0.717, 1.165) is 12.2 Å². The molecular formula is C13H22N4O2. The summed E-state index contributed by atoms with van der Waals surface area (Å²) >= 11 is 0. The average Bonchev–Trinajstić information content (AvgIpc) is 2.59. The second-order valence-corrected chi connectivity index (χ2v) is 5.94. The number of hydrogen-bond acceptors (Lipinski definition) is 4. The largest absolute Gasteiger partial charge is 0.444 e. The zero-order valence-corrected chi connectivity index (χ0v) is 12.0. The first kappa shape index (κ1) is 13.9.